The fraction of sp³-hybridized carbons (Fsp3) is 0.280. The molecule has 0 bridgehead atoms. The van der Waals surface area contributed by atoms with Crippen molar-refractivity contribution in [2.75, 3.05) is 5.32 Å². The molecule has 34 heavy (non-hydrogen) atoms. The second-order valence-corrected chi connectivity index (χ2v) is 8.53. The number of hydrogen-bond acceptors (Lipinski definition) is 4. The average Bonchev–Trinajstić information content (AvgIpc) is 3.24. The molecule has 5 rings (SSSR count). The molecule has 9 heteroatoms. The third kappa shape index (κ3) is 4.30. The molecule has 2 heterocycles. The molecule has 0 spiro atoms. The number of alkyl halides is 3. The van der Waals surface area contributed by atoms with Gasteiger partial charge in [0.15, 0.2) is 0 Å². The SMILES string of the molecule is [O-]C(=NC1CCC[C@H](Nc2cc(C(F)(F)F)nc3ccccc23)C1)c1c[nH]c2cccc(F)c12. The Morgan fingerprint density at radius 1 is 1.12 bits per heavy atom. The summed E-state index contributed by atoms with van der Waals surface area (Å²) in [5.41, 5.74) is 0.356. The van der Waals surface area contributed by atoms with Crippen LogP contribution in [0.4, 0.5) is 23.2 Å². The van der Waals surface area contributed by atoms with E-state index < -0.39 is 23.6 Å². The lowest BCUT2D eigenvalue weighted by molar-refractivity contribution is -0.213. The van der Waals surface area contributed by atoms with Crippen LogP contribution < -0.4 is 10.4 Å². The van der Waals surface area contributed by atoms with Gasteiger partial charge in [0.2, 0.25) is 0 Å². The van der Waals surface area contributed by atoms with E-state index in [9.17, 15) is 22.7 Å². The molecule has 0 saturated heterocycles. The van der Waals surface area contributed by atoms with Gasteiger partial charge in [-0.25, -0.2) is 9.37 Å². The van der Waals surface area contributed by atoms with Crippen molar-refractivity contribution in [3.05, 3.63) is 71.8 Å². The molecule has 5 nitrogen and oxygen atoms in total. The van der Waals surface area contributed by atoms with Crippen LogP contribution in [-0.2, 0) is 6.18 Å². The Kier molecular flexibility index (Phi) is 5.63. The fourth-order valence-electron chi connectivity index (χ4n) is 4.62. The van der Waals surface area contributed by atoms with Crippen LogP contribution in [0.1, 0.15) is 36.9 Å². The van der Waals surface area contributed by atoms with Crippen LogP contribution in [0.15, 0.2) is 59.7 Å². The molecule has 1 aliphatic rings. The second kappa shape index (κ2) is 8.62. The molecule has 0 aliphatic heterocycles. The number of hydrogen-bond donors (Lipinski definition) is 2. The Morgan fingerprint density at radius 2 is 1.94 bits per heavy atom. The third-order valence-electron chi connectivity index (χ3n) is 6.20. The van der Waals surface area contributed by atoms with Gasteiger partial charge in [-0.3, -0.25) is 4.99 Å². The van der Waals surface area contributed by atoms with Crippen LogP contribution in [0.25, 0.3) is 21.8 Å². The standard InChI is InChI=1S/C25H22F4N4O/c26-18-8-4-10-20-23(18)17(13-30-20)24(34)32-15-6-3-5-14(11-15)31-21-12-22(25(27,28)29)33-19-9-2-1-7-16(19)21/h1-2,4,7-10,12-15,30H,3,5-6,11H2,(H,31,33)(H,32,34)/p-1/t14-,15?/m0/s1. The van der Waals surface area contributed by atoms with Crippen molar-refractivity contribution < 1.29 is 22.7 Å². The molecule has 0 radical (unpaired) electrons. The normalized spacial score (nSPS) is 19.6. The summed E-state index contributed by atoms with van der Waals surface area (Å²) >= 11 is 0. The first kappa shape index (κ1) is 22.2. The van der Waals surface area contributed by atoms with E-state index in [1.165, 1.54) is 12.3 Å². The molecular weight excluding hydrogens is 448 g/mol. The minimum Gasteiger partial charge on any atom is -0.858 e. The highest BCUT2D eigenvalue weighted by molar-refractivity contribution is 6.05. The van der Waals surface area contributed by atoms with E-state index in [4.69, 9.17) is 0 Å². The summed E-state index contributed by atoms with van der Waals surface area (Å²) in [6.45, 7) is 0. The van der Waals surface area contributed by atoms with Gasteiger partial charge in [0.05, 0.1) is 11.6 Å². The summed E-state index contributed by atoms with van der Waals surface area (Å²) in [4.78, 5) is 11.0. The van der Waals surface area contributed by atoms with Gasteiger partial charge in [0.25, 0.3) is 0 Å². The van der Waals surface area contributed by atoms with Crippen molar-refractivity contribution >= 4 is 33.4 Å². The summed E-state index contributed by atoms with van der Waals surface area (Å²) < 4.78 is 54.4. The first-order valence-electron chi connectivity index (χ1n) is 11.0. The molecule has 1 fully saturated rings. The molecule has 1 saturated carbocycles. The zero-order chi connectivity index (χ0) is 23.9. The van der Waals surface area contributed by atoms with Crippen LogP contribution >= 0.6 is 0 Å². The van der Waals surface area contributed by atoms with E-state index in [1.54, 1.807) is 36.4 Å². The van der Waals surface area contributed by atoms with Crippen molar-refractivity contribution in [1.82, 2.24) is 9.97 Å². The number of aromatic amines is 1. The van der Waals surface area contributed by atoms with E-state index in [0.29, 0.717) is 29.4 Å². The van der Waals surface area contributed by atoms with Crippen molar-refractivity contribution in [1.29, 1.82) is 0 Å². The van der Waals surface area contributed by atoms with Gasteiger partial charge < -0.3 is 15.4 Å². The van der Waals surface area contributed by atoms with Crippen molar-refractivity contribution in [3.63, 3.8) is 0 Å². The number of para-hydroxylation sites is 1. The van der Waals surface area contributed by atoms with E-state index in [1.807, 2.05) is 0 Å². The molecule has 176 valence electrons. The lowest BCUT2D eigenvalue weighted by atomic mass is 9.91. The number of aromatic nitrogens is 2. The Balaban J connectivity index is 1.40. The maximum Gasteiger partial charge on any atom is 0.433 e. The number of benzene rings is 2. The number of halogens is 4. The molecule has 4 aromatic rings. The topological polar surface area (TPSA) is 76.1 Å². The number of rotatable bonds is 4. The molecule has 2 N–H and O–H groups in total. The van der Waals surface area contributed by atoms with E-state index >= 15 is 0 Å². The number of fused-ring (bicyclic) bond motifs is 2. The van der Waals surface area contributed by atoms with Crippen LogP contribution in [-0.4, -0.2) is 27.9 Å². The number of H-pyrrole nitrogens is 1. The first-order chi connectivity index (χ1) is 16.3. The molecular formula is C25H21F4N4O-. The molecule has 1 unspecified atom stereocenters. The fourth-order valence-corrected chi connectivity index (χ4v) is 4.62. The van der Waals surface area contributed by atoms with Gasteiger partial charge >= 0.3 is 6.18 Å². The van der Waals surface area contributed by atoms with E-state index in [-0.39, 0.29) is 28.6 Å². The first-order valence-corrected chi connectivity index (χ1v) is 11.0. The molecule has 0 amide bonds. The van der Waals surface area contributed by atoms with Crippen LogP contribution in [0.3, 0.4) is 0 Å². The Bertz CT molecular complexity index is 1380. The van der Waals surface area contributed by atoms with Crippen LogP contribution in [0.2, 0.25) is 0 Å². The van der Waals surface area contributed by atoms with Gasteiger partial charge in [-0.1, -0.05) is 24.3 Å². The van der Waals surface area contributed by atoms with Crippen molar-refractivity contribution in [3.8, 4) is 0 Å². The zero-order valence-electron chi connectivity index (χ0n) is 18.0. The number of pyridine rings is 1. The number of anilines is 1. The summed E-state index contributed by atoms with van der Waals surface area (Å²) in [7, 11) is 0. The lowest BCUT2D eigenvalue weighted by Gasteiger charge is -2.30. The largest absolute Gasteiger partial charge is 0.858 e. The minimum atomic E-state index is -4.56. The Labute approximate surface area is 192 Å². The summed E-state index contributed by atoms with van der Waals surface area (Å²) in [5, 5.41) is 16.9. The number of aliphatic imine (C=N–C) groups is 1. The maximum atomic E-state index is 14.3. The van der Waals surface area contributed by atoms with Gasteiger partial charge in [-0.2, -0.15) is 13.2 Å². The Morgan fingerprint density at radius 3 is 2.76 bits per heavy atom. The second-order valence-electron chi connectivity index (χ2n) is 8.53. The highest BCUT2D eigenvalue weighted by Gasteiger charge is 2.34. The Hall–Kier alpha value is -3.62. The van der Waals surface area contributed by atoms with E-state index in [2.05, 4.69) is 20.3 Å². The van der Waals surface area contributed by atoms with Gasteiger partial charge in [-0.15, -0.1) is 0 Å². The monoisotopic (exact) mass is 469 g/mol. The molecule has 2 aromatic heterocycles. The van der Waals surface area contributed by atoms with E-state index in [0.717, 1.165) is 18.9 Å². The van der Waals surface area contributed by atoms with Crippen molar-refractivity contribution in [2.24, 2.45) is 4.99 Å². The van der Waals surface area contributed by atoms with Gasteiger partial charge in [-0.05, 0) is 55.8 Å². The smallest absolute Gasteiger partial charge is 0.433 e. The molecule has 1 aliphatic carbocycles. The van der Waals surface area contributed by atoms with Gasteiger partial charge in [0, 0.05) is 39.8 Å². The lowest BCUT2D eigenvalue weighted by Crippen LogP contribution is -2.31. The quantitative estimate of drug-likeness (QED) is 0.239. The predicted molar refractivity (Wildman–Crippen MR) is 121 cm³/mol. The maximum absolute atomic E-state index is 14.3. The average molecular weight is 469 g/mol. The number of nitrogens with zero attached hydrogens (tertiary/aromatic N) is 2. The predicted octanol–water partition coefficient (Wildman–Crippen LogP) is 5.40. The minimum absolute atomic E-state index is 0.165. The zero-order valence-corrected chi connectivity index (χ0v) is 18.0. The third-order valence-corrected chi connectivity index (χ3v) is 6.20. The van der Waals surface area contributed by atoms with Gasteiger partial charge in [0.1, 0.15) is 11.5 Å². The molecule has 2 aromatic carbocycles. The van der Waals surface area contributed by atoms with Crippen LogP contribution in [0.5, 0.6) is 0 Å². The molecule has 2 atom stereocenters. The van der Waals surface area contributed by atoms with Crippen LogP contribution in [0, 0.1) is 5.82 Å². The van der Waals surface area contributed by atoms with Crippen molar-refractivity contribution in [2.45, 2.75) is 43.9 Å². The highest BCUT2D eigenvalue weighted by atomic mass is 19.4. The summed E-state index contributed by atoms with van der Waals surface area (Å²) in [6.07, 6.45) is -0.448. The number of nitrogens with one attached hydrogen (secondary N) is 2. The summed E-state index contributed by atoms with van der Waals surface area (Å²) in [5.74, 6) is -0.999. The summed E-state index contributed by atoms with van der Waals surface area (Å²) in [6, 6.07) is 11.8. The highest BCUT2D eigenvalue weighted by Crippen LogP contribution is 2.34.